The van der Waals surface area contributed by atoms with Crippen LogP contribution in [0.4, 0.5) is 0 Å². The molecule has 23 heavy (non-hydrogen) atoms. The molecule has 2 aromatic rings. The average molecular weight is 319 g/mol. The van der Waals surface area contributed by atoms with Crippen molar-refractivity contribution in [3.8, 4) is 11.5 Å². The van der Waals surface area contributed by atoms with Gasteiger partial charge in [0.2, 0.25) is 0 Å². The fraction of sp³-hybridized carbons (Fsp3) is 0.353. The van der Waals surface area contributed by atoms with Gasteiger partial charge in [-0.25, -0.2) is 0 Å². The van der Waals surface area contributed by atoms with Gasteiger partial charge in [-0.05, 0) is 23.8 Å². The summed E-state index contributed by atoms with van der Waals surface area (Å²) in [5, 5.41) is 10.7. The second-order valence-electron chi connectivity index (χ2n) is 4.80. The van der Waals surface area contributed by atoms with E-state index in [9.17, 15) is 5.11 Å². The van der Waals surface area contributed by atoms with Gasteiger partial charge in [0.25, 0.3) is 0 Å². The minimum Gasteiger partial charge on any atom is -0.493 e. The van der Waals surface area contributed by atoms with Crippen molar-refractivity contribution in [2.45, 2.75) is 12.4 Å². The lowest BCUT2D eigenvalue weighted by atomic mass is 10.0. The Hall–Kier alpha value is -2.15. The highest BCUT2D eigenvalue weighted by Gasteiger charge is 2.22. The highest BCUT2D eigenvalue weighted by molar-refractivity contribution is 5.45. The van der Waals surface area contributed by atoms with Crippen LogP contribution in [-0.2, 0) is 9.47 Å². The van der Waals surface area contributed by atoms with Crippen molar-refractivity contribution in [3.63, 3.8) is 0 Å². The first-order valence-corrected chi connectivity index (χ1v) is 7.06. The zero-order valence-corrected chi connectivity index (χ0v) is 13.6. The Balaban J connectivity index is 2.43. The summed E-state index contributed by atoms with van der Waals surface area (Å²) < 4.78 is 21.0. The number of hydrogen-bond acceptors (Lipinski definition) is 6. The number of nitrogens with zero attached hydrogens (tertiary/aromatic N) is 1. The van der Waals surface area contributed by atoms with Gasteiger partial charge in [0.1, 0.15) is 6.10 Å². The summed E-state index contributed by atoms with van der Waals surface area (Å²) in [6, 6.07) is 8.80. The summed E-state index contributed by atoms with van der Waals surface area (Å²) in [5.41, 5.74) is 1.77. The van der Waals surface area contributed by atoms with Crippen LogP contribution in [0.2, 0.25) is 0 Å². The first-order chi connectivity index (χ1) is 11.2. The van der Waals surface area contributed by atoms with Crippen molar-refractivity contribution in [2.24, 2.45) is 0 Å². The van der Waals surface area contributed by atoms with Crippen molar-refractivity contribution in [2.75, 3.05) is 28.4 Å². The third-order valence-corrected chi connectivity index (χ3v) is 3.54. The van der Waals surface area contributed by atoms with Gasteiger partial charge in [0.15, 0.2) is 17.8 Å². The third kappa shape index (κ3) is 3.61. The molecule has 2 rings (SSSR count). The molecule has 0 amide bonds. The number of aliphatic hydroxyl groups is 1. The van der Waals surface area contributed by atoms with Crippen LogP contribution in [0.1, 0.15) is 29.2 Å². The topological polar surface area (TPSA) is 70.0 Å². The van der Waals surface area contributed by atoms with E-state index in [4.69, 9.17) is 18.9 Å². The van der Waals surface area contributed by atoms with Crippen molar-refractivity contribution in [1.29, 1.82) is 0 Å². The van der Waals surface area contributed by atoms with Gasteiger partial charge in [-0.2, -0.15) is 0 Å². The van der Waals surface area contributed by atoms with Crippen LogP contribution >= 0.6 is 0 Å². The number of methoxy groups -OCH3 is 4. The van der Waals surface area contributed by atoms with Crippen LogP contribution in [0.25, 0.3) is 0 Å². The maximum Gasteiger partial charge on any atom is 0.184 e. The maximum absolute atomic E-state index is 10.7. The smallest absolute Gasteiger partial charge is 0.184 e. The minimum absolute atomic E-state index is 0.466. The maximum atomic E-state index is 10.7. The third-order valence-electron chi connectivity index (χ3n) is 3.54. The number of benzene rings is 1. The Kier molecular flexibility index (Phi) is 5.92. The molecule has 1 unspecified atom stereocenters. The summed E-state index contributed by atoms with van der Waals surface area (Å²) in [6.45, 7) is 0. The number of aliphatic hydroxyl groups excluding tert-OH is 1. The van der Waals surface area contributed by atoms with E-state index in [1.54, 1.807) is 44.7 Å². The van der Waals surface area contributed by atoms with Gasteiger partial charge in [-0.1, -0.05) is 12.1 Å². The molecule has 6 heteroatoms. The van der Waals surface area contributed by atoms with Gasteiger partial charge in [0.05, 0.1) is 19.9 Å². The first kappa shape index (κ1) is 17.2. The summed E-state index contributed by atoms with van der Waals surface area (Å²) in [4.78, 5) is 4.29. The molecule has 0 aliphatic rings. The molecule has 0 saturated heterocycles. The lowest BCUT2D eigenvalue weighted by Crippen LogP contribution is -2.12. The molecule has 0 radical (unpaired) electrons. The lowest BCUT2D eigenvalue weighted by Gasteiger charge is -2.20. The van der Waals surface area contributed by atoms with Gasteiger partial charge in [-0.3, -0.25) is 4.98 Å². The van der Waals surface area contributed by atoms with E-state index in [2.05, 4.69) is 4.98 Å². The molecule has 1 heterocycles. The van der Waals surface area contributed by atoms with Crippen LogP contribution in [0, 0.1) is 0 Å². The predicted molar refractivity (Wildman–Crippen MR) is 84.6 cm³/mol. The van der Waals surface area contributed by atoms with Gasteiger partial charge < -0.3 is 24.1 Å². The SMILES string of the molecule is COc1ccc(C(O)c2ncccc2C(OC)OC)cc1OC. The Morgan fingerprint density at radius 2 is 1.65 bits per heavy atom. The van der Waals surface area contributed by atoms with E-state index < -0.39 is 12.4 Å². The molecular weight excluding hydrogens is 298 g/mol. The monoisotopic (exact) mass is 319 g/mol. The molecule has 0 aliphatic carbocycles. The molecule has 1 aromatic carbocycles. The lowest BCUT2D eigenvalue weighted by molar-refractivity contribution is -0.107. The van der Waals surface area contributed by atoms with Crippen LogP contribution in [0.15, 0.2) is 36.5 Å². The molecule has 0 fully saturated rings. The zero-order chi connectivity index (χ0) is 16.8. The summed E-state index contributed by atoms with van der Waals surface area (Å²) >= 11 is 0. The molecule has 0 saturated carbocycles. The molecule has 0 spiro atoms. The van der Waals surface area contributed by atoms with Crippen molar-refractivity contribution < 1.29 is 24.1 Å². The van der Waals surface area contributed by atoms with E-state index in [1.165, 1.54) is 14.2 Å². The van der Waals surface area contributed by atoms with Crippen LogP contribution in [-0.4, -0.2) is 38.5 Å². The van der Waals surface area contributed by atoms with Crippen LogP contribution in [0.5, 0.6) is 11.5 Å². The molecule has 1 N–H and O–H groups in total. The van der Waals surface area contributed by atoms with E-state index >= 15 is 0 Å². The summed E-state index contributed by atoms with van der Waals surface area (Å²) in [5.74, 6) is 1.13. The molecule has 1 aromatic heterocycles. The second-order valence-corrected chi connectivity index (χ2v) is 4.80. The summed E-state index contributed by atoms with van der Waals surface area (Å²) in [7, 11) is 6.18. The Bertz CT molecular complexity index is 643. The largest absolute Gasteiger partial charge is 0.493 e. The van der Waals surface area contributed by atoms with Gasteiger partial charge in [0, 0.05) is 26.0 Å². The quantitative estimate of drug-likeness (QED) is 0.791. The fourth-order valence-corrected chi connectivity index (χ4v) is 2.39. The molecule has 0 aliphatic heterocycles. The van der Waals surface area contributed by atoms with Crippen LogP contribution in [0.3, 0.4) is 0 Å². The van der Waals surface area contributed by atoms with Crippen LogP contribution < -0.4 is 9.47 Å². The first-order valence-electron chi connectivity index (χ1n) is 7.06. The Labute approximate surface area is 135 Å². The number of rotatable bonds is 7. The van der Waals surface area contributed by atoms with E-state index in [1.807, 2.05) is 6.07 Å². The number of ether oxygens (including phenoxy) is 4. The summed E-state index contributed by atoms with van der Waals surface area (Å²) in [6.07, 6.45) is 0.0675. The van der Waals surface area contributed by atoms with E-state index in [0.29, 0.717) is 28.3 Å². The van der Waals surface area contributed by atoms with E-state index in [-0.39, 0.29) is 0 Å². The second kappa shape index (κ2) is 7.92. The fourth-order valence-electron chi connectivity index (χ4n) is 2.39. The average Bonchev–Trinajstić information content (AvgIpc) is 2.62. The minimum atomic E-state index is -0.946. The number of hydrogen-bond donors (Lipinski definition) is 1. The molecule has 1 atom stereocenters. The molecule has 0 bridgehead atoms. The van der Waals surface area contributed by atoms with Crippen molar-refractivity contribution >= 4 is 0 Å². The highest BCUT2D eigenvalue weighted by atomic mass is 16.7. The van der Waals surface area contributed by atoms with E-state index in [0.717, 1.165) is 0 Å². The zero-order valence-electron chi connectivity index (χ0n) is 13.6. The highest BCUT2D eigenvalue weighted by Crippen LogP contribution is 2.34. The number of pyridine rings is 1. The Morgan fingerprint density at radius 1 is 0.957 bits per heavy atom. The van der Waals surface area contributed by atoms with Gasteiger partial charge >= 0.3 is 0 Å². The van der Waals surface area contributed by atoms with Crippen molar-refractivity contribution in [1.82, 2.24) is 4.98 Å². The van der Waals surface area contributed by atoms with Gasteiger partial charge in [-0.15, -0.1) is 0 Å². The molecule has 124 valence electrons. The predicted octanol–water partition coefficient (Wildman–Crippen LogP) is 2.47. The molecular formula is C17H21NO5. The van der Waals surface area contributed by atoms with Crippen molar-refractivity contribution in [3.05, 3.63) is 53.3 Å². The Morgan fingerprint density at radius 3 is 2.26 bits per heavy atom. The molecule has 6 nitrogen and oxygen atoms in total. The normalized spacial score (nSPS) is 12.3. The number of aromatic nitrogens is 1. The standard InChI is InChI=1S/C17H21NO5/c1-20-13-8-7-11(10-14(13)21-2)16(19)15-12(6-5-9-18-15)17(22-3)23-4/h5-10,16-17,19H,1-4H3.